The number of halogens is 1. The van der Waals surface area contributed by atoms with E-state index < -0.39 is 5.91 Å². The van der Waals surface area contributed by atoms with E-state index in [9.17, 15) is 9.59 Å². The molecular weight excluding hydrogens is 246 g/mol. The van der Waals surface area contributed by atoms with Crippen molar-refractivity contribution in [3.05, 3.63) is 46.5 Å². The predicted octanol–water partition coefficient (Wildman–Crippen LogP) is 1.67. The van der Waals surface area contributed by atoms with Crippen LogP contribution in [0, 0.1) is 0 Å². The number of amides is 1. The molecule has 0 radical (unpaired) electrons. The van der Waals surface area contributed by atoms with E-state index in [4.69, 9.17) is 5.73 Å². The zero-order chi connectivity index (χ0) is 10.6. The Morgan fingerprint density at radius 3 is 2.21 bits per heavy atom. The van der Waals surface area contributed by atoms with Crippen molar-refractivity contribution in [1.82, 2.24) is 0 Å². The van der Waals surface area contributed by atoms with Gasteiger partial charge < -0.3 is 5.73 Å². The number of rotatable bonds is 3. The Morgan fingerprint density at radius 1 is 1.14 bits per heavy atom. The summed E-state index contributed by atoms with van der Waals surface area (Å²) >= 11 is 3.25. The highest BCUT2D eigenvalue weighted by atomic mass is 79.9. The molecule has 1 aromatic rings. The van der Waals surface area contributed by atoms with Gasteiger partial charge in [0, 0.05) is 16.1 Å². The highest BCUT2D eigenvalue weighted by Gasteiger charge is 2.00. The largest absolute Gasteiger partial charge is 0.366 e. The zero-order valence-corrected chi connectivity index (χ0v) is 8.82. The normalized spacial score (nSPS) is 10.4. The van der Waals surface area contributed by atoms with Crippen LogP contribution in [0.1, 0.15) is 10.4 Å². The Balaban J connectivity index is 2.80. The summed E-state index contributed by atoms with van der Waals surface area (Å²) in [6, 6.07) is 6.84. The van der Waals surface area contributed by atoms with Crippen molar-refractivity contribution in [1.29, 1.82) is 0 Å². The van der Waals surface area contributed by atoms with Crippen molar-refractivity contribution in [3.8, 4) is 0 Å². The molecule has 0 bridgehead atoms. The molecule has 2 N–H and O–H groups in total. The standard InChI is InChI=1S/C10H8BrNO2/c11-8-3-1-7(2-4-8)9(13)5-6-10(12)14/h1-6H,(H2,12,14)/b6-5+. The van der Waals surface area contributed by atoms with Gasteiger partial charge in [-0.25, -0.2) is 0 Å². The first-order valence-electron chi connectivity index (χ1n) is 3.87. The topological polar surface area (TPSA) is 60.2 Å². The molecule has 0 aromatic heterocycles. The Morgan fingerprint density at radius 2 is 1.71 bits per heavy atom. The summed E-state index contributed by atoms with van der Waals surface area (Å²) in [7, 11) is 0. The number of ketones is 1. The van der Waals surface area contributed by atoms with E-state index in [1.807, 2.05) is 0 Å². The first kappa shape index (κ1) is 10.7. The van der Waals surface area contributed by atoms with Gasteiger partial charge in [-0.3, -0.25) is 9.59 Å². The molecule has 1 aromatic carbocycles. The average Bonchev–Trinajstić information content (AvgIpc) is 2.15. The third-order valence-electron chi connectivity index (χ3n) is 1.53. The van der Waals surface area contributed by atoms with Gasteiger partial charge in [0.1, 0.15) is 0 Å². The second-order valence-electron chi connectivity index (χ2n) is 2.61. The SMILES string of the molecule is NC(=O)/C=C/C(=O)c1ccc(Br)cc1. The fourth-order valence-corrected chi connectivity index (χ4v) is 1.13. The van der Waals surface area contributed by atoms with E-state index in [2.05, 4.69) is 15.9 Å². The fourth-order valence-electron chi connectivity index (χ4n) is 0.868. The number of hydrogen-bond acceptors (Lipinski definition) is 2. The van der Waals surface area contributed by atoms with Gasteiger partial charge in [0.2, 0.25) is 5.91 Å². The molecule has 3 nitrogen and oxygen atoms in total. The van der Waals surface area contributed by atoms with Gasteiger partial charge >= 0.3 is 0 Å². The van der Waals surface area contributed by atoms with E-state index in [-0.39, 0.29) is 5.78 Å². The van der Waals surface area contributed by atoms with Crippen molar-refractivity contribution in [3.63, 3.8) is 0 Å². The molecule has 14 heavy (non-hydrogen) atoms. The third kappa shape index (κ3) is 3.14. The van der Waals surface area contributed by atoms with Crippen LogP contribution in [-0.4, -0.2) is 11.7 Å². The highest BCUT2D eigenvalue weighted by molar-refractivity contribution is 9.10. The summed E-state index contributed by atoms with van der Waals surface area (Å²) in [6.45, 7) is 0. The van der Waals surface area contributed by atoms with Crippen molar-refractivity contribution in [2.75, 3.05) is 0 Å². The van der Waals surface area contributed by atoms with Crippen molar-refractivity contribution in [2.45, 2.75) is 0 Å². The van der Waals surface area contributed by atoms with E-state index in [1.54, 1.807) is 24.3 Å². The molecule has 0 heterocycles. The van der Waals surface area contributed by atoms with Crippen molar-refractivity contribution in [2.24, 2.45) is 5.73 Å². The molecule has 0 unspecified atom stereocenters. The lowest BCUT2D eigenvalue weighted by Crippen LogP contribution is -2.06. The first-order chi connectivity index (χ1) is 6.59. The molecule has 0 aliphatic heterocycles. The molecule has 1 rings (SSSR count). The van der Waals surface area contributed by atoms with E-state index in [1.165, 1.54) is 0 Å². The third-order valence-corrected chi connectivity index (χ3v) is 2.06. The quantitative estimate of drug-likeness (QED) is 0.658. The summed E-state index contributed by atoms with van der Waals surface area (Å²) in [5, 5.41) is 0. The fraction of sp³-hybridized carbons (Fsp3) is 0. The van der Waals surface area contributed by atoms with Gasteiger partial charge in [0.15, 0.2) is 5.78 Å². The zero-order valence-electron chi connectivity index (χ0n) is 7.24. The van der Waals surface area contributed by atoms with Crippen LogP contribution in [0.25, 0.3) is 0 Å². The molecule has 0 aliphatic rings. The number of benzene rings is 1. The van der Waals surface area contributed by atoms with Crippen LogP contribution in [-0.2, 0) is 4.79 Å². The van der Waals surface area contributed by atoms with Crippen LogP contribution in [0.4, 0.5) is 0 Å². The molecule has 0 fully saturated rings. The van der Waals surface area contributed by atoms with Crippen LogP contribution >= 0.6 is 15.9 Å². The number of allylic oxidation sites excluding steroid dienone is 1. The molecule has 0 saturated heterocycles. The molecular formula is C10H8BrNO2. The minimum Gasteiger partial charge on any atom is -0.366 e. The predicted molar refractivity (Wildman–Crippen MR) is 56.8 cm³/mol. The Labute approximate surface area is 89.7 Å². The lowest BCUT2D eigenvalue weighted by Gasteiger charge is -1.94. The monoisotopic (exact) mass is 253 g/mol. The summed E-state index contributed by atoms with van der Waals surface area (Å²) in [5.74, 6) is -0.869. The number of carbonyl (C=O) groups is 2. The maximum absolute atomic E-state index is 11.4. The van der Waals surface area contributed by atoms with E-state index in [0.29, 0.717) is 5.56 Å². The Hall–Kier alpha value is -1.42. The van der Waals surface area contributed by atoms with E-state index in [0.717, 1.165) is 16.6 Å². The van der Waals surface area contributed by atoms with Gasteiger partial charge in [-0.1, -0.05) is 15.9 Å². The van der Waals surface area contributed by atoms with Crippen LogP contribution in [0.5, 0.6) is 0 Å². The van der Waals surface area contributed by atoms with E-state index >= 15 is 0 Å². The molecule has 72 valence electrons. The number of carbonyl (C=O) groups excluding carboxylic acids is 2. The van der Waals surface area contributed by atoms with Gasteiger partial charge in [0.25, 0.3) is 0 Å². The Bertz CT molecular complexity index is 382. The number of nitrogens with two attached hydrogens (primary N) is 1. The van der Waals surface area contributed by atoms with Crippen molar-refractivity contribution >= 4 is 27.6 Å². The molecule has 0 atom stereocenters. The average molecular weight is 254 g/mol. The molecule has 0 spiro atoms. The lowest BCUT2D eigenvalue weighted by atomic mass is 10.1. The minimum absolute atomic E-state index is 0.240. The summed E-state index contributed by atoms with van der Waals surface area (Å²) in [6.07, 6.45) is 2.20. The molecule has 4 heteroatoms. The van der Waals surface area contributed by atoms with Crippen LogP contribution in [0.2, 0.25) is 0 Å². The lowest BCUT2D eigenvalue weighted by molar-refractivity contribution is -0.113. The summed E-state index contributed by atoms with van der Waals surface area (Å²) < 4.78 is 0.896. The maximum Gasteiger partial charge on any atom is 0.241 e. The molecule has 1 amide bonds. The van der Waals surface area contributed by atoms with Crippen LogP contribution in [0.3, 0.4) is 0 Å². The summed E-state index contributed by atoms with van der Waals surface area (Å²) in [4.78, 5) is 21.7. The smallest absolute Gasteiger partial charge is 0.241 e. The second kappa shape index (κ2) is 4.72. The number of hydrogen-bond donors (Lipinski definition) is 1. The first-order valence-corrected chi connectivity index (χ1v) is 4.66. The van der Waals surface area contributed by atoms with Crippen LogP contribution in [0.15, 0.2) is 40.9 Å². The molecule has 0 saturated carbocycles. The van der Waals surface area contributed by atoms with Crippen molar-refractivity contribution < 1.29 is 9.59 Å². The summed E-state index contributed by atoms with van der Waals surface area (Å²) in [5.41, 5.74) is 5.38. The minimum atomic E-state index is -0.629. The number of primary amides is 1. The van der Waals surface area contributed by atoms with Gasteiger partial charge in [-0.15, -0.1) is 0 Å². The highest BCUT2D eigenvalue weighted by Crippen LogP contribution is 2.11. The maximum atomic E-state index is 11.4. The van der Waals surface area contributed by atoms with Gasteiger partial charge in [-0.05, 0) is 30.3 Å². The Kier molecular flexibility index (Phi) is 3.59. The van der Waals surface area contributed by atoms with Crippen LogP contribution < -0.4 is 5.73 Å². The second-order valence-corrected chi connectivity index (χ2v) is 3.52. The van der Waals surface area contributed by atoms with Gasteiger partial charge in [0.05, 0.1) is 0 Å². The molecule has 0 aliphatic carbocycles. The van der Waals surface area contributed by atoms with Gasteiger partial charge in [-0.2, -0.15) is 0 Å².